The molecule has 112 valence electrons. The van der Waals surface area contributed by atoms with Crippen LogP contribution in [0.1, 0.15) is 30.2 Å². The van der Waals surface area contributed by atoms with E-state index in [-0.39, 0.29) is 18.2 Å². The molecule has 1 heterocycles. The van der Waals surface area contributed by atoms with Crippen molar-refractivity contribution in [3.8, 4) is 0 Å². The van der Waals surface area contributed by atoms with Gasteiger partial charge in [0.25, 0.3) is 5.91 Å². The molecule has 0 fully saturated rings. The van der Waals surface area contributed by atoms with Crippen LogP contribution in [0.2, 0.25) is 0 Å². The molecule has 0 spiro atoms. The molecule has 0 unspecified atom stereocenters. The number of hydrogen-bond acceptors (Lipinski definition) is 5. The summed E-state index contributed by atoms with van der Waals surface area (Å²) in [6, 6.07) is 3.42. The predicted molar refractivity (Wildman–Crippen MR) is 74.3 cm³/mol. The van der Waals surface area contributed by atoms with Crippen LogP contribution in [0, 0.1) is 0 Å². The molecule has 0 N–H and O–H groups in total. The fraction of sp³-hybridized carbons (Fsp3) is 0.571. The number of furan rings is 1. The van der Waals surface area contributed by atoms with Crippen molar-refractivity contribution in [3.05, 3.63) is 23.7 Å². The van der Waals surface area contributed by atoms with E-state index in [1.54, 1.807) is 12.1 Å². The highest BCUT2D eigenvalue weighted by Gasteiger charge is 2.19. The van der Waals surface area contributed by atoms with Crippen LogP contribution in [0.25, 0.3) is 0 Å². The summed E-state index contributed by atoms with van der Waals surface area (Å²) in [5.74, 6) is 0.180. The van der Waals surface area contributed by atoms with Crippen LogP contribution in [0.15, 0.2) is 16.5 Å². The van der Waals surface area contributed by atoms with Gasteiger partial charge in [-0.3, -0.25) is 14.5 Å². The number of rotatable bonds is 7. The van der Waals surface area contributed by atoms with Crippen LogP contribution in [0.4, 0.5) is 0 Å². The number of amides is 1. The number of carbonyl (C=O) groups is 2. The zero-order valence-corrected chi connectivity index (χ0v) is 12.5. The third-order valence-corrected chi connectivity index (χ3v) is 3.09. The Bertz CT molecular complexity index is 452. The summed E-state index contributed by atoms with van der Waals surface area (Å²) in [5, 5.41) is 0. The summed E-state index contributed by atoms with van der Waals surface area (Å²) in [6.45, 7) is 6.55. The molecule has 1 amide bonds. The van der Waals surface area contributed by atoms with E-state index >= 15 is 0 Å². The molecule has 0 radical (unpaired) electrons. The van der Waals surface area contributed by atoms with Gasteiger partial charge < -0.3 is 14.1 Å². The Morgan fingerprint density at radius 1 is 1.25 bits per heavy atom. The second-order valence-electron chi connectivity index (χ2n) is 4.46. The van der Waals surface area contributed by atoms with Crippen molar-refractivity contribution in [2.75, 3.05) is 33.8 Å². The quantitative estimate of drug-likeness (QED) is 0.707. The standard InChI is InChI=1S/C14H22N2O4/c1-5-16(6-2)9-11-7-8-12(20-11)14(18)15(3)10-13(17)19-4/h7-8H,5-6,9-10H2,1-4H3. The van der Waals surface area contributed by atoms with Gasteiger partial charge in [0.15, 0.2) is 5.76 Å². The average molecular weight is 282 g/mol. The molecule has 1 rings (SSSR count). The van der Waals surface area contributed by atoms with E-state index < -0.39 is 5.97 Å². The summed E-state index contributed by atoms with van der Waals surface area (Å²) < 4.78 is 10.1. The van der Waals surface area contributed by atoms with Crippen molar-refractivity contribution in [3.63, 3.8) is 0 Å². The lowest BCUT2D eigenvalue weighted by Crippen LogP contribution is -2.32. The van der Waals surface area contributed by atoms with Gasteiger partial charge in [0.05, 0.1) is 13.7 Å². The van der Waals surface area contributed by atoms with Crippen molar-refractivity contribution in [2.45, 2.75) is 20.4 Å². The predicted octanol–water partition coefficient (Wildman–Crippen LogP) is 1.37. The minimum absolute atomic E-state index is 0.0958. The Labute approximate surface area is 119 Å². The van der Waals surface area contributed by atoms with E-state index in [1.165, 1.54) is 19.1 Å². The van der Waals surface area contributed by atoms with Gasteiger partial charge in [-0.1, -0.05) is 13.8 Å². The summed E-state index contributed by atoms with van der Waals surface area (Å²) in [6.07, 6.45) is 0. The lowest BCUT2D eigenvalue weighted by Gasteiger charge is -2.16. The molecule has 1 aromatic heterocycles. The fourth-order valence-electron chi connectivity index (χ4n) is 1.76. The fourth-order valence-corrected chi connectivity index (χ4v) is 1.76. The number of nitrogens with zero attached hydrogens (tertiary/aromatic N) is 2. The summed E-state index contributed by atoms with van der Waals surface area (Å²) >= 11 is 0. The van der Waals surface area contributed by atoms with E-state index in [4.69, 9.17) is 4.42 Å². The van der Waals surface area contributed by atoms with E-state index in [0.29, 0.717) is 6.54 Å². The average Bonchev–Trinajstić information content (AvgIpc) is 2.91. The molecule has 0 aliphatic rings. The maximum absolute atomic E-state index is 12.0. The molecule has 20 heavy (non-hydrogen) atoms. The molecule has 0 saturated heterocycles. The zero-order chi connectivity index (χ0) is 15.1. The van der Waals surface area contributed by atoms with Crippen LogP contribution >= 0.6 is 0 Å². The van der Waals surface area contributed by atoms with E-state index in [1.807, 2.05) is 0 Å². The smallest absolute Gasteiger partial charge is 0.325 e. The van der Waals surface area contributed by atoms with Crippen LogP contribution in [0.3, 0.4) is 0 Å². The third-order valence-electron chi connectivity index (χ3n) is 3.09. The number of ether oxygens (including phenoxy) is 1. The zero-order valence-electron chi connectivity index (χ0n) is 12.5. The molecular formula is C14H22N2O4. The first-order valence-corrected chi connectivity index (χ1v) is 6.65. The molecule has 0 atom stereocenters. The molecular weight excluding hydrogens is 260 g/mol. The molecule has 0 saturated carbocycles. The van der Waals surface area contributed by atoms with Gasteiger partial charge >= 0.3 is 5.97 Å². The Morgan fingerprint density at radius 3 is 2.45 bits per heavy atom. The van der Waals surface area contributed by atoms with Crippen LogP contribution in [-0.4, -0.2) is 55.5 Å². The maximum Gasteiger partial charge on any atom is 0.325 e. The number of esters is 1. The summed E-state index contributed by atoms with van der Waals surface area (Å²) in [5.41, 5.74) is 0. The van der Waals surface area contributed by atoms with Gasteiger partial charge in [-0.15, -0.1) is 0 Å². The first-order chi connectivity index (χ1) is 9.51. The first-order valence-electron chi connectivity index (χ1n) is 6.65. The van der Waals surface area contributed by atoms with Crippen LogP contribution in [-0.2, 0) is 16.1 Å². The highest BCUT2D eigenvalue weighted by Crippen LogP contribution is 2.12. The van der Waals surface area contributed by atoms with Gasteiger partial charge in [-0.2, -0.15) is 0 Å². The number of hydrogen-bond donors (Lipinski definition) is 0. The minimum atomic E-state index is -0.462. The highest BCUT2D eigenvalue weighted by atomic mass is 16.5. The molecule has 1 aromatic rings. The van der Waals surface area contributed by atoms with E-state index in [2.05, 4.69) is 23.5 Å². The summed E-state index contributed by atoms with van der Waals surface area (Å²) in [7, 11) is 2.82. The molecule has 6 heteroatoms. The van der Waals surface area contributed by atoms with E-state index in [9.17, 15) is 9.59 Å². The lowest BCUT2D eigenvalue weighted by molar-refractivity contribution is -0.141. The van der Waals surface area contributed by atoms with Gasteiger partial charge in [-0.25, -0.2) is 0 Å². The Hall–Kier alpha value is -1.82. The van der Waals surface area contributed by atoms with Crippen molar-refractivity contribution >= 4 is 11.9 Å². The number of likely N-dealkylation sites (N-methyl/N-ethyl adjacent to an activating group) is 1. The topological polar surface area (TPSA) is 63.0 Å². The largest absolute Gasteiger partial charge is 0.468 e. The second-order valence-corrected chi connectivity index (χ2v) is 4.46. The van der Waals surface area contributed by atoms with Crippen LogP contribution < -0.4 is 0 Å². The molecule has 0 aliphatic carbocycles. The third kappa shape index (κ3) is 4.38. The van der Waals surface area contributed by atoms with E-state index in [0.717, 1.165) is 18.8 Å². The summed E-state index contributed by atoms with van der Waals surface area (Å²) in [4.78, 5) is 26.6. The maximum atomic E-state index is 12.0. The first kappa shape index (κ1) is 16.2. The van der Waals surface area contributed by atoms with Gasteiger partial charge in [0.1, 0.15) is 12.3 Å². The minimum Gasteiger partial charge on any atom is -0.468 e. The molecule has 0 aliphatic heterocycles. The van der Waals surface area contributed by atoms with Crippen molar-refractivity contribution in [2.24, 2.45) is 0 Å². The monoisotopic (exact) mass is 282 g/mol. The highest BCUT2D eigenvalue weighted by molar-refractivity contribution is 5.93. The normalized spacial score (nSPS) is 10.7. The van der Waals surface area contributed by atoms with Crippen molar-refractivity contribution < 1.29 is 18.7 Å². The van der Waals surface area contributed by atoms with Gasteiger partial charge in [0, 0.05) is 7.05 Å². The van der Waals surface area contributed by atoms with Gasteiger partial charge in [-0.05, 0) is 25.2 Å². The lowest BCUT2D eigenvalue weighted by atomic mass is 10.3. The van der Waals surface area contributed by atoms with Crippen LogP contribution in [0.5, 0.6) is 0 Å². The molecule has 0 aromatic carbocycles. The Balaban J connectivity index is 2.66. The number of carbonyl (C=O) groups excluding carboxylic acids is 2. The SMILES string of the molecule is CCN(CC)Cc1ccc(C(=O)N(C)CC(=O)OC)o1. The number of methoxy groups -OCH3 is 1. The molecule has 0 bridgehead atoms. The molecule has 6 nitrogen and oxygen atoms in total. The van der Waals surface area contributed by atoms with Crippen molar-refractivity contribution in [1.29, 1.82) is 0 Å². The van der Waals surface area contributed by atoms with Crippen molar-refractivity contribution in [1.82, 2.24) is 9.80 Å². The van der Waals surface area contributed by atoms with Gasteiger partial charge in [0.2, 0.25) is 0 Å². The second kappa shape index (κ2) is 7.69. The Kier molecular flexibility index (Phi) is 6.24. The Morgan fingerprint density at radius 2 is 1.90 bits per heavy atom.